The summed E-state index contributed by atoms with van der Waals surface area (Å²) in [6.07, 6.45) is 4.55. The lowest BCUT2D eigenvalue weighted by Crippen LogP contribution is -2.35. The van der Waals surface area contributed by atoms with Gasteiger partial charge in [0.1, 0.15) is 4.21 Å². The fraction of sp³-hybridized carbons (Fsp3) is 0.692. The number of thiophene rings is 1. The number of aryl methyl sites for hydroxylation is 1. The molecule has 6 heteroatoms. The van der Waals surface area contributed by atoms with E-state index >= 15 is 0 Å². The Bertz CT molecular complexity index is 504. The first-order valence-corrected chi connectivity index (χ1v) is 9.09. The molecule has 2 N–H and O–H groups in total. The van der Waals surface area contributed by atoms with Gasteiger partial charge in [-0.3, -0.25) is 0 Å². The Morgan fingerprint density at radius 3 is 2.68 bits per heavy atom. The summed E-state index contributed by atoms with van der Waals surface area (Å²) in [4.78, 5) is 1.05. The number of sulfonamides is 1. The Labute approximate surface area is 118 Å². The molecule has 0 saturated heterocycles. The number of rotatable bonds is 6. The predicted molar refractivity (Wildman–Crippen MR) is 76.9 cm³/mol. The highest BCUT2D eigenvalue weighted by Gasteiger charge is 2.25. The van der Waals surface area contributed by atoms with Crippen LogP contribution in [0.4, 0.5) is 0 Å². The summed E-state index contributed by atoms with van der Waals surface area (Å²) in [5, 5.41) is 9.99. The van der Waals surface area contributed by atoms with Gasteiger partial charge in [-0.05, 0) is 37.3 Å². The molecule has 108 valence electrons. The Kier molecular flexibility index (Phi) is 5.00. The van der Waals surface area contributed by atoms with Gasteiger partial charge < -0.3 is 5.11 Å². The van der Waals surface area contributed by atoms with Gasteiger partial charge in [-0.15, -0.1) is 11.3 Å². The largest absolute Gasteiger partial charge is 0.391 e. The Hall–Kier alpha value is -0.430. The summed E-state index contributed by atoms with van der Waals surface area (Å²) >= 11 is 1.29. The third kappa shape index (κ3) is 3.78. The van der Waals surface area contributed by atoms with Crippen LogP contribution in [0, 0.1) is 5.92 Å². The van der Waals surface area contributed by atoms with Crippen molar-refractivity contribution in [2.24, 2.45) is 5.92 Å². The number of aliphatic hydroxyl groups excluding tert-OH is 1. The lowest BCUT2D eigenvalue weighted by molar-refractivity contribution is 0.115. The molecule has 1 atom stereocenters. The zero-order valence-electron chi connectivity index (χ0n) is 11.1. The van der Waals surface area contributed by atoms with Crippen LogP contribution in [0.1, 0.15) is 37.5 Å². The molecule has 0 amide bonds. The Balaban J connectivity index is 1.93. The van der Waals surface area contributed by atoms with E-state index < -0.39 is 16.1 Å². The molecule has 1 heterocycles. The van der Waals surface area contributed by atoms with Crippen LogP contribution in [0.15, 0.2) is 16.3 Å². The molecular formula is C13H21NO3S2. The SMILES string of the molecule is CCc1ccc(S(=O)(=O)NCC(O)C2CCCC2)s1. The van der Waals surface area contributed by atoms with Crippen molar-refractivity contribution in [2.45, 2.75) is 49.3 Å². The Morgan fingerprint density at radius 2 is 2.11 bits per heavy atom. The van der Waals surface area contributed by atoms with Crippen LogP contribution in [0.2, 0.25) is 0 Å². The molecule has 1 aromatic rings. The first kappa shape index (κ1) is 15.0. The van der Waals surface area contributed by atoms with E-state index in [1.807, 2.05) is 13.0 Å². The first-order valence-electron chi connectivity index (χ1n) is 6.79. The van der Waals surface area contributed by atoms with Crippen molar-refractivity contribution in [3.63, 3.8) is 0 Å². The number of hydrogen-bond donors (Lipinski definition) is 2. The van der Waals surface area contributed by atoms with Crippen molar-refractivity contribution in [3.8, 4) is 0 Å². The van der Waals surface area contributed by atoms with E-state index in [9.17, 15) is 13.5 Å². The third-order valence-corrected chi connectivity index (χ3v) is 6.82. The third-order valence-electron chi connectivity index (χ3n) is 3.68. The van der Waals surface area contributed by atoms with E-state index in [1.54, 1.807) is 6.07 Å². The van der Waals surface area contributed by atoms with E-state index in [0.29, 0.717) is 4.21 Å². The fourth-order valence-electron chi connectivity index (χ4n) is 2.47. The molecular weight excluding hydrogens is 282 g/mol. The van der Waals surface area contributed by atoms with E-state index in [0.717, 1.165) is 37.0 Å². The van der Waals surface area contributed by atoms with Crippen molar-refractivity contribution >= 4 is 21.4 Å². The highest BCUT2D eigenvalue weighted by Crippen LogP contribution is 2.28. The second-order valence-electron chi connectivity index (χ2n) is 5.04. The summed E-state index contributed by atoms with van der Waals surface area (Å²) < 4.78 is 27.0. The first-order chi connectivity index (χ1) is 9.03. The van der Waals surface area contributed by atoms with E-state index in [4.69, 9.17) is 0 Å². The molecule has 1 aliphatic rings. The maximum Gasteiger partial charge on any atom is 0.250 e. The maximum atomic E-state index is 12.1. The van der Waals surface area contributed by atoms with Gasteiger partial charge in [0.2, 0.25) is 10.0 Å². The van der Waals surface area contributed by atoms with Gasteiger partial charge in [-0.2, -0.15) is 0 Å². The van der Waals surface area contributed by atoms with E-state index in [-0.39, 0.29) is 12.5 Å². The highest BCUT2D eigenvalue weighted by atomic mass is 32.2. The fourth-order valence-corrected chi connectivity index (χ4v) is 4.86. The molecule has 0 aliphatic heterocycles. The van der Waals surface area contributed by atoms with Gasteiger partial charge in [0.15, 0.2) is 0 Å². The molecule has 1 aromatic heterocycles. The van der Waals surface area contributed by atoms with Gasteiger partial charge in [0, 0.05) is 11.4 Å². The lowest BCUT2D eigenvalue weighted by Gasteiger charge is -2.17. The van der Waals surface area contributed by atoms with Crippen LogP contribution in [0.25, 0.3) is 0 Å². The predicted octanol–water partition coefficient (Wildman–Crippen LogP) is 2.14. The van der Waals surface area contributed by atoms with Gasteiger partial charge in [-0.1, -0.05) is 19.8 Å². The van der Waals surface area contributed by atoms with Crippen LogP contribution in [0.5, 0.6) is 0 Å². The standard InChI is InChI=1S/C13H21NO3S2/c1-2-11-7-8-13(18-11)19(16,17)14-9-12(15)10-5-3-4-6-10/h7-8,10,12,14-15H,2-6,9H2,1H3. The summed E-state index contributed by atoms with van der Waals surface area (Å²) in [6.45, 7) is 2.12. The number of hydrogen-bond acceptors (Lipinski definition) is 4. The van der Waals surface area contributed by atoms with Crippen molar-refractivity contribution in [1.82, 2.24) is 4.72 Å². The lowest BCUT2D eigenvalue weighted by atomic mass is 10.0. The average Bonchev–Trinajstić information content (AvgIpc) is 3.06. The zero-order chi connectivity index (χ0) is 13.9. The van der Waals surface area contributed by atoms with Gasteiger partial charge >= 0.3 is 0 Å². The van der Waals surface area contributed by atoms with Crippen molar-refractivity contribution in [2.75, 3.05) is 6.54 Å². The van der Waals surface area contributed by atoms with Crippen LogP contribution in [0.3, 0.4) is 0 Å². The van der Waals surface area contributed by atoms with Crippen LogP contribution in [-0.2, 0) is 16.4 Å². The van der Waals surface area contributed by atoms with Crippen molar-refractivity contribution in [3.05, 3.63) is 17.0 Å². The summed E-state index contributed by atoms with van der Waals surface area (Å²) in [6, 6.07) is 3.47. The molecule has 0 radical (unpaired) electrons. The molecule has 0 aromatic carbocycles. The van der Waals surface area contributed by atoms with E-state index in [2.05, 4.69) is 4.72 Å². The molecule has 1 saturated carbocycles. The monoisotopic (exact) mass is 303 g/mol. The molecule has 2 rings (SSSR count). The van der Waals surface area contributed by atoms with E-state index in [1.165, 1.54) is 11.3 Å². The van der Waals surface area contributed by atoms with Crippen LogP contribution in [-0.4, -0.2) is 26.2 Å². The maximum absolute atomic E-state index is 12.1. The minimum atomic E-state index is -3.47. The molecule has 4 nitrogen and oxygen atoms in total. The molecule has 19 heavy (non-hydrogen) atoms. The number of nitrogens with one attached hydrogen (secondary N) is 1. The summed E-state index contributed by atoms with van der Waals surface area (Å²) in [5.74, 6) is 0.247. The van der Waals surface area contributed by atoms with Crippen molar-refractivity contribution < 1.29 is 13.5 Å². The van der Waals surface area contributed by atoms with Gasteiger partial charge in [-0.25, -0.2) is 13.1 Å². The van der Waals surface area contributed by atoms with Crippen molar-refractivity contribution in [1.29, 1.82) is 0 Å². The second kappa shape index (κ2) is 6.35. The molecule has 0 bridgehead atoms. The van der Waals surface area contributed by atoms with Gasteiger partial charge in [0.05, 0.1) is 6.10 Å². The molecule has 1 unspecified atom stereocenters. The quantitative estimate of drug-likeness (QED) is 0.846. The van der Waals surface area contributed by atoms with Crippen LogP contribution < -0.4 is 4.72 Å². The highest BCUT2D eigenvalue weighted by molar-refractivity contribution is 7.91. The average molecular weight is 303 g/mol. The Morgan fingerprint density at radius 1 is 1.42 bits per heavy atom. The van der Waals surface area contributed by atoms with Crippen LogP contribution >= 0.6 is 11.3 Å². The smallest absolute Gasteiger partial charge is 0.250 e. The number of aliphatic hydroxyl groups is 1. The molecule has 1 aliphatic carbocycles. The minimum Gasteiger partial charge on any atom is -0.391 e. The summed E-state index contributed by atoms with van der Waals surface area (Å²) in [7, 11) is -3.47. The summed E-state index contributed by atoms with van der Waals surface area (Å²) in [5.41, 5.74) is 0. The zero-order valence-corrected chi connectivity index (χ0v) is 12.8. The molecule has 0 spiro atoms. The minimum absolute atomic E-state index is 0.117. The molecule has 1 fully saturated rings. The van der Waals surface area contributed by atoms with Gasteiger partial charge in [0.25, 0.3) is 0 Å². The topological polar surface area (TPSA) is 66.4 Å². The second-order valence-corrected chi connectivity index (χ2v) is 8.20. The normalized spacial score (nSPS) is 18.8.